The zero-order chi connectivity index (χ0) is 14.2. The van der Waals surface area contributed by atoms with E-state index in [0.717, 1.165) is 9.13 Å². The Labute approximate surface area is 108 Å². The summed E-state index contributed by atoms with van der Waals surface area (Å²) in [6, 6.07) is 0. The molecule has 0 spiro atoms. The molecule has 10 heteroatoms. The van der Waals surface area contributed by atoms with Crippen LogP contribution in [0.15, 0.2) is 14.4 Å². The summed E-state index contributed by atoms with van der Waals surface area (Å²) in [5.41, 5.74) is -2.11. The molecule has 0 aliphatic carbocycles. The number of aliphatic hydroxyl groups excluding tert-OH is 2. The third-order valence-corrected chi connectivity index (χ3v) is 3.81. The first kappa shape index (κ1) is 11.6. The lowest BCUT2D eigenvalue weighted by atomic mass is 10.1. The fourth-order valence-corrected chi connectivity index (χ4v) is 2.87. The Morgan fingerprint density at radius 3 is 2.60 bits per heavy atom. The number of ether oxygens (including phenoxy) is 1. The van der Waals surface area contributed by atoms with Gasteiger partial charge in [-0.2, -0.15) is 0 Å². The van der Waals surface area contributed by atoms with E-state index in [-0.39, 0.29) is 17.7 Å². The second-order valence-electron chi connectivity index (χ2n) is 4.91. The number of hydrogen-bond acceptors (Lipinski definition) is 6. The summed E-state index contributed by atoms with van der Waals surface area (Å²) < 4.78 is 7.56. The molecule has 2 bridgehead atoms. The smallest absolute Gasteiger partial charge is 0.330 e. The van der Waals surface area contributed by atoms with E-state index in [2.05, 4.69) is 9.97 Å². The molecule has 2 aromatic heterocycles. The van der Waals surface area contributed by atoms with Gasteiger partial charge in [-0.15, -0.1) is 0 Å². The summed E-state index contributed by atoms with van der Waals surface area (Å²) in [5, 5.41) is 19.8. The van der Waals surface area contributed by atoms with Crippen molar-refractivity contribution in [3.05, 3.63) is 31.3 Å². The lowest BCUT2D eigenvalue weighted by molar-refractivity contribution is -0.0348. The molecule has 2 aromatic rings. The molecule has 106 valence electrons. The van der Waals surface area contributed by atoms with Gasteiger partial charge in [-0.1, -0.05) is 0 Å². The predicted molar refractivity (Wildman–Crippen MR) is 63.4 cm³/mol. The lowest BCUT2D eigenvalue weighted by Crippen LogP contribution is -2.41. The highest BCUT2D eigenvalue weighted by Crippen LogP contribution is 2.33. The number of imidazole rings is 1. The van der Waals surface area contributed by atoms with Gasteiger partial charge in [0.25, 0.3) is 5.56 Å². The topological polar surface area (TPSA) is 142 Å². The van der Waals surface area contributed by atoms with E-state index in [1.807, 2.05) is 0 Å². The number of aliphatic hydroxyl groups is 2. The molecule has 0 aromatic carbocycles. The number of aromatic amines is 2. The van der Waals surface area contributed by atoms with E-state index in [9.17, 15) is 24.6 Å². The molecular weight excluding hydrogens is 272 g/mol. The maximum absolute atomic E-state index is 12.0. The molecule has 4 N–H and O–H groups in total. The molecule has 4 atom stereocenters. The highest BCUT2D eigenvalue weighted by molar-refractivity contribution is 5.70. The highest BCUT2D eigenvalue weighted by atomic mass is 16.6. The summed E-state index contributed by atoms with van der Waals surface area (Å²) in [6.45, 7) is -0.0713. The summed E-state index contributed by atoms with van der Waals surface area (Å²) in [5.74, 6) is 0. The van der Waals surface area contributed by atoms with E-state index in [4.69, 9.17) is 4.74 Å². The van der Waals surface area contributed by atoms with Crippen LogP contribution in [0.4, 0.5) is 0 Å². The number of nitrogens with one attached hydrogen (secondary N) is 2. The Morgan fingerprint density at radius 1 is 1.10 bits per heavy atom. The van der Waals surface area contributed by atoms with Gasteiger partial charge in [0, 0.05) is 0 Å². The zero-order valence-electron chi connectivity index (χ0n) is 9.94. The van der Waals surface area contributed by atoms with Crippen molar-refractivity contribution >= 4 is 11.2 Å². The van der Waals surface area contributed by atoms with Crippen LogP contribution < -0.4 is 16.9 Å². The molecular formula is C10H10N4O6. The van der Waals surface area contributed by atoms with Crippen LogP contribution in [0.5, 0.6) is 0 Å². The average Bonchev–Trinajstić information content (AvgIpc) is 2.79. The first-order chi connectivity index (χ1) is 9.49. The van der Waals surface area contributed by atoms with Gasteiger partial charge in [-0.3, -0.25) is 19.3 Å². The quantitative estimate of drug-likeness (QED) is 0.401. The summed E-state index contributed by atoms with van der Waals surface area (Å²) in [7, 11) is 0. The molecule has 0 amide bonds. The first-order valence-corrected chi connectivity index (χ1v) is 5.98. The van der Waals surface area contributed by atoms with E-state index in [1.54, 1.807) is 0 Å². The van der Waals surface area contributed by atoms with Crippen molar-refractivity contribution in [2.24, 2.45) is 0 Å². The molecule has 4 rings (SSSR count). The van der Waals surface area contributed by atoms with Gasteiger partial charge in [0.1, 0.15) is 18.3 Å². The molecule has 1 saturated heterocycles. The maximum Gasteiger partial charge on any atom is 0.330 e. The molecule has 10 nitrogen and oxygen atoms in total. The Bertz CT molecular complexity index is 888. The Kier molecular flexibility index (Phi) is 2.02. The van der Waals surface area contributed by atoms with Crippen LogP contribution >= 0.6 is 0 Å². The molecule has 20 heavy (non-hydrogen) atoms. The Balaban J connectivity index is 2.20. The molecule has 4 heterocycles. The summed E-state index contributed by atoms with van der Waals surface area (Å²) in [6.07, 6.45) is -4.49. The number of fused-ring (bicyclic) bond motifs is 3. The van der Waals surface area contributed by atoms with Gasteiger partial charge in [-0.25, -0.2) is 14.2 Å². The van der Waals surface area contributed by atoms with E-state index < -0.39 is 41.5 Å². The molecule has 0 unspecified atom stereocenters. The van der Waals surface area contributed by atoms with E-state index >= 15 is 0 Å². The van der Waals surface area contributed by atoms with Crippen LogP contribution in [0.1, 0.15) is 6.23 Å². The third-order valence-electron chi connectivity index (χ3n) is 3.81. The molecule has 2 aliphatic heterocycles. The van der Waals surface area contributed by atoms with Gasteiger partial charge in [0.05, 0.1) is 6.54 Å². The number of H-pyrrole nitrogens is 2. The fraction of sp³-hybridized carbons (Fsp3) is 0.500. The van der Waals surface area contributed by atoms with Crippen molar-refractivity contribution in [2.45, 2.75) is 31.1 Å². The van der Waals surface area contributed by atoms with Crippen molar-refractivity contribution < 1.29 is 14.9 Å². The van der Waals surface area contributed by atoms with Crippen LogP contribution in [-0.4, -0.2) is 47.6 Å². The van der Waals surface area contributed by atoms with Gasteiger partial charge >= 0.3 is 11.4 Å². The van der Waals surface area contributed by atoms with Crippen LogP contribution in [0.2, 0.25) is 0 Å². The Hall–Kier alpha value is -2.17. The van der Waals surface area contributed by atoms with Gasteiger partial charge in [0.2, 0.25) is 0 Å². The van der Waals surface area contributed by atoms with Crippen LogP contribution in [0.25, 0.3) is 11.2 Å². The SMILES string of the molecule is O=c1[nH]c(=O)n2c3c1[nH]c(=O)n3[C@@H]1O[C@H](C2)[C@@H](O)[C@H]1O. The molecule has 0 radical (unpaired) electrons. The largest absolute Gasteiger partial charge is 0.387 e. The molecule has 0 saturated carbocycles. The monoisotopic (exact) mass is 282 g/mol. The van der Waals surface area contributed by atoms with Crippen LogP contribution in [-0.2, 0) is 11.3 Å². The maximum atomic E-state index is 12.0. The minimum atomic E-state index is -1.31. The number of nitrogens with zero attached hydrogens (tertiary/aromatic N) is 2. The zero-order valence-corrected chi connectivity index (χ0v) is 9.94. The van der Waals surface area contributed by atoms with Gasteiger partial charge < -0.3 is 14.9 Å². The second-order valence-corrected chi connectivity index (χ2v) is 4.91. The van der Waals surface area contributed by atoms with Crippen molar-refractivity contribution in [3.8, 4) is 0 Å². The van der Waals surface area contributed by atoms with Crippen LogP contribution in [0.3, 0.4) is 0 Å². The Morgan fingerprint density at radius 2 is 1.85 bits per heavy atom. The van der Waals surface area contributed by atoms with Crippen molar-refractivity contribution in [3.63, 3.8) is 0 Å². The van der Waals surface area contributed by atoms with E-state index in [0.29, 0.717) is 0 Å². The average molecular weight is 282 g/mol. The molecule has 2 aliphatic rings. The minimum absolute atomic E-state index is 0.0576. The third kappa shape index (κ3) is 1.20. The van der Waals surface area contributed by atoms with Gasteiger partial charge in [0.15, 0.2) is 17.4 Å². The number of rotatable bonds is 0. The molecule has 1 fully saturated rings. The highest BCUT2D eigenvalue weighted by Gasteiger charge is 2.47. The normalized spacial score (nSPS) is 31.7. The van der Waals surface area contributed by atoms with Crippen molar-refractivity contribution in [1.82, 2.24) is 19.1 Å². The lowest BCUT2D eigenvalue weighted by Gasteiger charge is -2.18. The standard InChI is InChI=1S/C10H10N4O6/c15-4-2-1-13-7-3(6(17)12-9(13)18)11-10(19)14(7)8(20-2)5(4)16/h2,4-5,8,15-16H,1H2,(H,11,19)(H,12,17,18)/t2-,4-,5-,8-/m1/s1. The van der Waals surface area contributed by atoms with Crippen molar-refractivity contribution in [2.75, 3.05) is 0 Å². The number of aromatic nitrogens is 4. The second kappa shape index (κ2) is 3.48. The predicted octanol–water partition coefficient (Wildman–Crippen LogP) is -3.19. The van der Waals surface area contributed by atoms with Crippen LogP contribution in [0, 0.1) is 0 Å². The summed E-state index contributed by atoms with van der Waals surface area (Å²) in [4.78, 5) is 40.0. The first-order valence-electron chi connectivity index (χ1n) is 5.98. The summed E-state index contributed by atoms with van der Waals surface area (Å²) >= 11 is 0. The van der Waals surface area contributed by atoms with Gasteiger partial charge in [-0.05, 0) is 0 Å². The van der Waals surface area contributed by atoms with E-state index in [1.165, 1.54) is 0 Å². The number of hydrogen-bond donors (Lipinski definition) is 4. The fourth-order valence-electron chi connectivity index (χ4n) is 2.87. The van der Waals surface area contributed by atoms with Crippen molar-refractivity contribution in [1.29, 1.82) is 0 Å². The minimum Gasteiger partial charge on any atom is -0.387 e.